The Kier molecular flexibility index (Phi) is 5.22. The summed E-state index contributed by atoms with van der Waals surface area (Å²) < 4.78 is 2.44. The lowest BCUT2D eigenvalue weighted by atomic mass is 10.0. The first kappa shape index (κ1) is 23.0. The Morgan fingerprint density at radius 1 is 0.325 bits per heavy atom. The average molecular weight is 526 g/mol. The molecule has 0 spiro atoms. The van der Waals surface area contributed by atoms with E-state index in [1.807, 2.05) is 0 Å². The van der Waals surface area contributed by atoms with E-state index in [1.165, 1.54) is 59.0 Å². The van der Waals surface area contributed by atoms with Crippen LogP contribution in [0, 0.1) is 0 Å². The van der Waals surface area contributed by atoms with Crippen molar-refractivity contribution in [1.29, 1.82) is 0 Å². The summed E-state index contributed by atoms with van der Waals surface area (Å²) in [6, 6.07) is 60.6. The third-order valence-corrected chi connectivity index (χ3v) is 13.3. The molecule has 0 amide bonds. The molecule has 1 heterocycles. The van der Waals surface area contributed by atoms with E-state index in [4.69, 9.17) is 0 Å². The van der Waals surface area contributed by atoms with E-state index >= 15 is 0 Å². The second-order valence-corrected chi connectivity index (χ2v) is 14.4. The topological polar surface area (TPSA) is 4.93 Å². The van der Waals surface area contributed by atoms with E-state index in [1.54, 1.807) is 0 Å². The molecule has 0 aliphatic rings. The fourth-order valence-electron chi connectivity index (χ4n) is 6.82. The molecule has 0 saturated heterocycles. The summed E-state index contributed by atoms with van der Waals surface area (Å²) in [5.41, 5.74) is 3.71. The van der Waals surface area contributed by atoms with Crippen molar-refractivity contribution in [2.24, 2.45) is 0 Å². The van der Waals surface area contributed by atoms with E-state index in [2.05, 4.69) is 168 Å². The molecular weight excluding hydrogens is 499 g/mol. The minimum atomic E-state index is -2.54. The Morgan fingerprint density at radius 3 is 1.15 bits per heavy atom. The summed E-state index contributed by atoms with van der Waals surface area (Å²) in [4.78, 5) is 0. The molecular formula is C38H27NSi. The molecule has 7 aromatic carbocycles. The third kappa shape index (κ3) is 3.27. The third-order valence-electron chi connectivity index (χ3n) is 8.50. The molecule has 0 atom stereocenters. The lowest BCUT2D eigenvalue weighted by molar-refractivity contribution is 1.18. The van der Waals surface area contributed by atoms with Crippen LogP contribution in [-0.4, -0.2) is 12.6 Å². The highest BCUT2D eigenvalue weighted by Gasteiger charge is 2.41. The predicted octanol–water partition coefficient (Wildman–Crippen LogP) is 6.75. The molecule has 0 aliphatic carbocycles. The molecule has 8 rings (SSSR count). The van der Waals surface area contributed by atoms with E-state index in [0.717, 1.165) is 0 Å². The minimum absolute atomic E-state index is 1.19. The molecule has 1 nitrogen and oxygen atoms in total. The minimum Gasteiger partial charge on any atom is -0.309 e. The molecule has 0 bridgehead atoms. The number of benzene rings is 7. The summed E-state index contributed by atoms with van der Waals surface area (Å²) in [6.07, 6.45) is 0. The van der Waals surface area contributed by atoms with Crippen molar-refractivity contribution in [3.05, 3.63) is 164 Å². The van der Waals surface area contributed by atoms with Crippen molar-refractivity contribution >= 4 is 61.4 Å². The highest BCUT2D eigenvalue weighted by molar-refractivity contribution is 7.19. The van der Waals surface area contributed by atoms with Gasteiger partial charge < -0.3 is 4.57 Å². The Bertz CT molecular complexity index is 1910. The van der Waals surface area contributed by atoms with Crippen molar-refractivity contribution in [2.75, 3.05) is 0 Å². The molecule has 8 aromatic rings. The standard InChI is InChI=1S/C38H27NSi/c1-4-14-31(15-5-1)40(32-16-6-2-7-17-32,33-18-8-3-9-19-33)34-26-24-30(25-27-34)39-35-20-10-12-28-22-23-29-13-11-21-36(39)38(29)37(28)35/h1-27H. The highest BCUT2D eigenvalue weighted by atomic mass is 28.3. The molecule has 188 valence electrons. The second-order valence-electron chi connectivity index (χ2n) is 10.5. The van der Waals surface area contributed by atoms with Gasteiger partial charge in [0.2, 0.25) is 0 Å². The summed E-state index contributed by atoms with van der Waals surface area (Å²) in [5, 5.41) is 10.8. The van der Waals surface area contributed by atoms with E-state index in [-0.39, 0.29) is 0 Å². The smallest absolute Gasteiger partial charge is 0.179 e. The predicted molar refractivity (Wildman–Crippen MR) is 173 cm³/mol. The van der Waals surface area contributed by atoms with Crippen LogP contribution in [0.1, 0.15) is 0 Å². The molecule has 0 fully saturated rings. The summed E-state index contributed by atoms with van der Waals surface area (Å²) in [6.45, 7) is 0. The number of rotatable bonds is 5. The molecule has 1 aromatic heterocycles. The maximum Gasteiger partial charge on any atom is 0.179 e. The van der Waals surface area contributed by atoms with E-state index in [0.29, 0.717) is 0 Å². The maximum absolute atomic E-state index is 2.54. The van der Waals surface area contributed by atoms with Gasteiger partial charge in [-0.1, -0.05) is 140 Å². The second kappa shape index (κ2) is 9.08. The zero-order chi connectivity index (χ0) is 26.5. The van der Waals surface area contributed by atoms with Crippen LogP contribution in [-0.2, 0) is 0 Å². The fraction of sp³-hybridized carbons (Fsp3) is 0. The number of aromatic nitrogens is 1. The van der Waals surface area contributed by atoms with Crippen molar-refractivity contribution in [1.82, 2.24) is 4.57 Å². The fourth-order valence-corrected chi connectivity index (χ4v) is 11.6. The number of nitrogens with zero attached hydrogens (tertiary/aromatic N) is 1. The van der Waals surface area contributed by atoms with Gasteiger partial charge in [-0.3, -0.25) is 0 Å². The molecule has 0 unspecified atom stereocenters. The van der Waals surface area contributed by atoms with Gasteiger partial charge in [0, 0.05) is 16.5 Å². The first-order valence-electron chi connectivity index (χ1n) is 13.9. The van der Waals surface area contributed by atoms with Crippen LogP contribution in [0.25, 0.3) is 38.3 Å². The van der Waals surface area contributed by atoms with Gasteiger partial charge in [0.15, 0.2) is 8.07 Å². The molecule has 0 N–H and O–H groups in total. The van der Waals surface area contributed by atoms with Gasteiger partial charge in [0.1, 0.15) is 0 Å². The Morgan fingerprint density at radius 2 is 0.725 bits per heavy atom. The molecule has 0 radical (unpaired) electrons. The van der Waals surface area contributed by atoms with Crippen molar-refractivity contribution in [3.8, 4) is 5.69 Å². The van der Waals surface area contributed by atoms with Crippen molar-refractivity contribution < 1.29 is 0 Å². The van der Waals surface area contributed by atoms with Crippen molar-refractivity contribution in [3.63, 3.8) is 0 Å². The zero-order valence-electron chi connectivity index (χ0n) is 22.0. The van der Waals surface area contributed by atoms with Crippen LogP contribution in [0.4, 0.5) is 0 Å². The van der Waals surface area contributed by atoms with Gasteiger partial charge in [-0.05, 0) is 55.8 Å². The van der Waals surface area contributed by atoms with Gasteiger partial charge in [-0.25, -0.2) is 0 Å². The van der Waals surface area contributed by atoms with Gasteiger partial charge in [0.05, 0.1) is 11.0 Å². The van der Waals surface area contributed by atoms with Crippen LogP contribution < -0.4 is 20.7 Å². The average Bonchev–Trinajstić information content (AvgIpc) is 3.38. The molecule has 0 saturated carbocycles. The van der Waals surface area contributed by atoms with Gasteiger partial charge in [0.25, 0.3) is 0 Å². The summed E-state index contributed by atoms with van der Waals surface area (Å²) >= 11 is 0. The van der Waals surface area contributed by atoms with Gasteiger partial charge >= 0.3 is 0 Å². The Labute approximate surface area is 234 Å². The first-order valence-corrected chi connectivity index (χ1v) is 15.9. The largest absolute Gasteiger partial charge is 0.309 e. The number of hydrogen-bond acceptors (Lipinski definition) is 0. The molecule has 40 heavy (non-hydrogen) atoms. The monoisotopic (exact) mass is 525 g/mol. The Balaban J connectivity index is 1.40. The van der Waals surface area contributed by atoms with E-state index < -0.39 is 8.07 Å². The first-order chi connectivity index (χ1) is 19.9. The van der Waals surface area contributed by atoms with E-state index in [9.17, 15) is 0 Å². The van der Waals surface area contributed by atoms with Gasteiger partial charge in [-0.15, -0.1) is 0 Å². The van der Waals surface area contributed by atoms with Crippen LogP contribution in [0.15, 0.2) is 164 Å². The van der Waals surface area contributed by atoms with Crippen molar-refractivity contribution in [2.45, 2.75) is 0 Å². The van der Waals surface area contributed by atoms with Crippen LogP contribution in [0.3, 0.4) is 0 Å². The van der Waals surface area contributed by atoms with Gasteiger partial charge in [-0.2, -0.15) is 0 Å². The quantitative estimate of drug-likeness (QED) is 0.133. The normalized spacial score (nSPS) is 12.0. The highest BCUT2D eigenvalue weighted by Crippen LogP contribution is 2.38. The lowest BCUT2D eigenvalue weighted by Crippen LogP contribution is -2.74. The Hall–Kier alpha value is -4.92. The van der Waals surface area contributed by atoms with Crippen LogP contribution in [0.2, 0.25) is 0 Å². The van der Waals surface area contributed by atoms with Crippen LogP contribution in [0.5, 0.6) is 0 Å². The summed E-state index contributed by atoms with van der Waals surface area (Å²) in [7, 11) is -2.54. The molecule has 0 aliphatic heterocycles. The number of hydrogen-bond donors (Lipinski definition) is 0. The molecule has 2 heteroatoms. The zero-order valence-corrected chi connectivity index (χ0v) is 23.0. The maximum atomic E-state index is 2.44. The van der Waals surface area contributed by atoms with Crippen LogP contribution >= 0.6 is 0 Å². The summed E-state index contributed by atoms with van der Waals surface area (Å²) in [5.74, 6) is 0. The SMILES string of the molecule is c1ccc([Si](c2ccccc2)(c2ccccc2)c2ccc(-n3c4cccc5ccc6cccc3c6c54)cc2)cc1. The lowest BCUT2D eigenvalue weighted by Gasteiger charge is -2.34.